The largest absolute Gasteiger partial charge is 0.488 e. The Kier molecular flexibility index (Phi) is 8.16. The van der Waals surface area contributed by atoms with E-state index >= 15 is 0 Å². The van der Waals surface area contributed by atoms with Crippen LogP contribution in [0.25, 0.3) is 11.1 Å². The highest BCUT2D eigenvalue weighted by molar-refractivity contribution is 7.90. The molecule has 4 aromatic rings. The van der Waals surface area contributed by atoms with Crippen molar-refractivity contribution in [2.75, 3.05) is 30.9 Å². The molecule has 7 rings (SSSR count). The summed E-state index contributed by atoms with van der Waals surface area (Å²) in [5, 5.41) is 6.02. The number of nitrogens with zero attached hydrogens (tertiary/aromatic N) is 3. The first-order valence-electron chi connectivity index (χ1n) is 14.1. The third-order valence-electron chi connectivity index (χ3n) is 7.58. The van der Waals surface area contributed by atoms with Crippen LogP contribution in [0.1, 0.15) is 22.3 Å². The minimum absolute atomic E-state index is 0.136. The van der Waals surface area contributed by atoms with Gasteiger partial charge < -0.3 is 25.0 Å². The molecular weight excluding hydrogens is 582 g/mol. The van der Waals surface area contributed by atoms with E-state index in [1.165, 1.54) is 18.5 Å². The van der Waals surface area contributed by atoms with Crippen LogP contribution in [0.15, 0.2) is 90.2 Å². The SMILES string of the molecule is CS(=O)(=O)c1ccc(N2CC[C@@H]3Oc4ccc(cc4)CNC(=O)COc4cccc(c4)-c4cncc(c4)C(=O)N[C@@H]3C2)nc1. The highest BCUT2D eigenvalue weighted by atomic mass is 32.2. The highest BCUT2D eigenvalue weighted by Gasteiger charge is 2.33. The molecular formula is C32H31N5O6S. The van der Waals surface area contributed by atoms with Crippen LogP contribution >= 0.6 is 0 Å². The van der Waals surface area contributed by atoms with Gasteiger partial charge in [0, 0.05) is 56.5 Å². The smallest absolute Gasteiger partial charge is 0.258 e. The molecule has 2 amide bonds. The Hall–Kier alpha value is -4.97. The number of pyridine rings is 2. The van der Waals surface area contributed by atoms with Gasteiger partial charge in [-0.2, -0.15) is 0 Å². The van der Waals surface area contributed by atoms with Gasteiger partial charge in [-0.1, -0.05) is 24.3 Å². The molecule has 0 saturated carbocycles. The number of nitrogens with one attached hydrogen (secondary N) is 2. The number of carbonyl (C=O) groups is 2. The summed E-state index contributed by atoms with van der Waals surface area (Å²) in [4.78, 5) is 36.9. The van der Waals surface area contributed by atoms with Gasteiger partial charge in [0.25, 0.3) is 11.8 Å². The minimum Gasteiger partial charge on any atom is -0.488 e. The van der Waals surface area contributed by atoms with Gasteiger partial charge in [0.15, 0.2) is 16.4 Å². The van der Waals surface area contributed by atoms with Crippen molar-refractivity contribution in [3.8, 4) is 22.6 Å². The zero-order valence-electron chi connectivity index (χ0n) is 24.0. The van der Waals surface area contributed by atoms with E-state index in [0.29, 0.717) is 48.9 Å². The number of aromatic nitrogens is 2. The Morgan fingerprint density at radius 2 is 1.73 bits per heavy atom. The Bertz CT molecular complexity index is 1780. The van der Waals surface area contributed by atoms with Gasteiger partial charge in [-0.05, 0) is 53.6 Å². The fourth-order valence-corrected chi connectivity index (χ4v) is 5.76. The Labute approximate surface area is 255 Å². The van der Waals surface area contributed by atoms with Crippen LogP contribution in [-0.2, 0) is 21.2 Å². The van der Waals surface area contributed by atoms with Gasteiger partial charge in [0.05, 0.1) is 16.5 Å². The quantitative estimate of drug-likeness (QED) is 0.349. The van der Waals surface area contributed by atoms with E-state index in [1.807, 2.05) is 41.3 Å². The van der Waals surface area contributed by atoms with Gasteiger partial charge in [-0.25, -0.2) is 13.4 Å². The van der Waals surface area contributed by atoms with Crippen LogP contribution in [0.3, 0.4) is 0 Å². The maximum atomic E-state index is 13.6. The first-order chi connectivity index (χ1) is 21.2. The van der Waals surface area contributed by atoms with Crippen molar-refractivity contribution in [1.82, 2.24) is 20.6 Å². The van der Waals surface area contributed by atoms with Crippen LogP contribution in [0.4, 0.5) is 5.82 Å². The second-order valence-corrected chi connectivity index (χ2v) is 12.8. The summed E-state index contributed by atoms with van der Waals surface area (Å²) in [7, 11) is -3.38. The van der Waals surface area contributed by atoms with Crippen molar-refractivity contribution in [2.45, 2.75) is 30.0 Å². The lowest BCUT2D eigenvalue weighted by molar-refractivity contribution is -0.123. The first-order valence-corrected chi connectivity index (χ1v) is 16.0. The Morgan fingerprint density at radius 1 is 0.909 bits per heavy atom. The third-order valence-corrected chi connectivity index (χ3v) is 8.67. The highest BCUT2D eigenvalue weighted by Crippen LogP contribution is 2.26. The van der Waals surface area contributed by atoms with Crippen LogP contribution in [0.2, 0.25) is 0 Å². The third kappa shape index (κ3) is 6.81. The van der Waals surface area contributed by atoms with Crippen molar-refractivity contribution in [3.63, 3.8) is 0 Å². The van der Waals surface area contributed by atoms with Crippen molar-refractivity contribution in [2.24, 2.45) is 0 Å². The molecule has 1 saturated heterocycles. The minimum atomic E-state index is -3.38. The first kappa shape index (κ1) is 29.1. The van der Waals surface area contributed by atoms with Crippen LogP contribution in [0, 0.1) is 0 Å². The number of rotatable bonds is 2. The molecule has 1 fully saturated rings. The molecule has 2 atom stereocenters. The number of amides is 2. The fourth-order valence-electron chi connectivity index (χ4n) is 5.20. The van der Waals surface area contributed by atoms with Gasteiger partial charge in [-0.3, -0.25) is 14.6 Å². The lowest BCUT2D eigenvalue weighted by atomic mass is 10.0. The molecule has 6 bridgehead atoms. The summed E-state index contributed by atoms with van der Waals surface area (Å²) in [6.07, 6.45) is 5.88. The molecule has 3 aliphatic rings. The molecule has 0 unspecified atom stereocenters. The lowest BCUT2D eigenvalue weighted by Crippen LogP contribution is -2.57. The number of hydrogen-bond acceptors (Lipinski definition) is 9. The molecule has 0 spiro atoms. The second kappa shape index (κ2) is 12.3. The molecule has 44 heavy (non-hydrogen) atoms. The van der Waals surface area contributed by atoms with E-state index in [0.717, 1.165) is 22.9 Å². The number of hydrogen-bond donors (Lipinski definition) is 2. The normalized spacial score (nSPS) is 19.1. The maximum Gasteiger partial charge on any atom is 0.258 e. The molecule has 3 aliphatic heterocycles. The zero-order chi connectivity index (χ0) is 30.7. The molecule has 0 radical (unpaired) electrons. The number of carbonyl (C=O) groups excluding carboxylic acids is 2. The van der Waals surface area contributed by atoms with Crippen LogP contribution in [-0.4, -0.2) is 68.3 Å². The van der Waals surface area contributed by atoms with E-state index in [9.17, 15) is 18.0 Å². The van der Waals surface area contributed by atoms with E-state index < -0.39 is 15.9 Å². The van der Waals surface area contributed by atoms with E-state index in [4.69, 9.17) is 9.47 Å². The van der Waals surface area contributed by atoms with Crippen LogP contribution in [0.5, 0.6) is 11.5 Å². The van der Waals surface area contributed by atoms with Gasteiger partial charge in [0.1, 0.15) is 23.4 Å². The number of piperidine rings is 1. The summed E-state index contributed by atoms with van der Waals surface area (Å²) >= 11 is 0. The van der Waals surface area contributed by atoms with E-state index in [-0.39, 0.29) is 29.4 Å². The van der Waals surface area contributed by atoms with Crippen molar-refractivity contribution in [3.05, 3.63) is 96.4 Å². The van der Waals surface area contributed by atoms with E-state index in [1.54, 1.807) is 30.5 Å². The molecule has 2 aromatic heterocycles. The summed E-state index contributed by atoms with van der Waals surface area (Å²) < 4.78 is 35.9. The zero-order valence-corrected chi connectivity index (χ0v) is 24.8. The number of benzene rings is 2. The van der Waals surface area contributed by atoms with Crippen molar-refractivity contribution < 1.29 is 27.5 Å². The summed E-state index contributed by atoms with van der Waals surface area (Å²) in [5.41, 5.74) is 2.78. The average molecular weight is 614 g/mol. The van der Waals surface area contributed by atoms with E-state index in [2.05, 4.69) is 20.6 Å². The van der Waals surface area contributed by atoms with Gasteiger partial charge in [-0.15, -0.1) is 0 Å². The predicted molar refractivity (Wildman–Crippen MR) is 163 cm³/mol. The molecule has 5 heterocycles. The summed E-state index contributed by atoms with van der Waals surface area (Å²) in [6.45, 7) is 1.17. The molecule has 226 valence electrons. The second-order valence-electron chi connectivity index (χ2n) is 10.8. The molecule has 12 heteroatoms. The molecule has 11 nitrogen and oxygen atoms in total. The average Bonchev–Trinajstić information content (AvgIpc) is 3.03. The summed E-state index contributed by atoms with van der Waals surface area (Å²) in [6, 6.07) is 19.2. The number of anilines is 1. The molecule has 2 N–H and O–H groups in total. The lowest BCUT2D eigenvalue weighted by Gasteiger charge is -2.39. The monoisotopic (exact) mass is 613 g/mol. The van der Waals surface area contributed by atoms with Crippen LogP contribution < -0.4 is 25.0 Å². The van der Waals surface area contributed by atoms with Gasteiger partial charge in [0.2, 0.25) is 0 Å². The number of fused-ring (bicyclic) bond motifs is 7. The van der Waals surface area contributed by atoms with Crippen molar-refractivity contribution in [1.29, 1.82) is 0 Å². The summed E-state index contributed by atoms with van der Waals surface area (Å²) in [5.74, 6) is 1.20. The topological polar surface area (TPSA) is 140 Å². The standard InChI is InChI=1S/C32H31N5O6S/c1-44(40,41)27-9-10-30(34-18-27)37-12-11-29-28(19-37)36-32(39)24-13-23(16-33-17-24)22-3-2-4-26(14-22)42-20-31(38)35-15-21-5-7-25(43-29)8-6-21/h2-10,13-14,16-18,28-29H,11-12,15,19-20H2,1H3,(H,35,38)(H,36,39)/t28-,29+/m1/s1. The Morgan fingerprint density at radius 3 is 2.50 bits per heavy atom. The molecule has 0 aliphatic carbocycles. The number of sulfone groups is 1. The molecule has 2 aromatic carbocycles. The number of ether oxygens (including phenoxy) is 2. The predicted octanol–water partition coefficient (Wildman–Crippen LogP) is 3.01. The Balaban J connectivity index is 1.31. The maximum absolute atomic E-state index is 13.6. The van der Waals surface area contributed by atoms with Gasteiger partial charge >= 0.3 is 0 Å². The van der Waals surface area contributed by atoms with Crippen molar-refractivity contribution >= 4 is 27.5 Å². The fraction of sp³-hybridized carbons (Fsp3) is 0.250.